The molecule has 35 heavy (non-hydrogen) atoms. The Bertz CT molecular complexity index is 1080. The van der Waals surface area contributed by atoms with E-state index in [-0.39, 0.29) is 16.8 Å². The second-order valence-electron chi connectivity index (χ2n) is 9.60. The van der Waals surface area contributed by atoms with Crippen molar-refractivity contribution in [2.45, 2.75) is 31.3 Å². The standard InChI is InChI=1S/C25H31ClFN5O3/c1-16-12-21(33)23-22(16)24(29-15-28-23)31-4-6-32(7-5-31)25(34)18(14-30-8-10-35-11-9-30)17-2-3-19(26)20(27)13-17/h2-3,13,15-16,18,21,33H,4-12,14H2,1H3/t16-,18+,21-/m1/s1. The summed E-state index contributed by atoms with van der Waals surface area (Å²) in [5, 5.41) is 10.4. The number of anilines is 1. The first-order chi connectivity index (χ1) is 16.9. The maximum atomic E-state index is 14.3. The molecule has 0 saturated carbocycles. The average molecular weight is 504 g/mol. The van der Waals surface area contributed by atoms with Crippen molar-refractivity contribution in [3.63, 3.8) is 0 Å². The molecule has 5 rings (SSSR count). The van der Waals surface area contributed by atoms with Crippen molar-refractivity contribution >= 4 is 23.3 Å². The summed E-state index contributed by atoms with van der Waals surface area (Å²) in [5.41, 5.74) is 2.38. The van der Waals surface area contributed by atoms with E-state index in [1.807, 2.05) is 4.90 Å². The summed E-state index contributed by atoms with van der Waals surface area (Å²) in [5.74, 6) is 0.0477. The Hall–Kier alpha value is -2.33. The van der Waals surface area contributed by atoms with Crippen LogP contribution in [0.5, 0.6) is 0 Å². The number of hydrogen-bond donors (Lipinski definition) is 1. The van der Waals surface area contributed by atoms with Gasteiger partial charge in [0, 0.05) is 51.4 Å². The van der Waals surface area contributed by atoms with Gasteiger partial charge in [0.05, 0.1) is 36.0 Å². The SMILES string of the molecule is C[C@@H]1C[C@@H](O)c2ncnc(N3CCN(C(=O)[C@@H](CN4CCOCC4)c4ccc(Cl)c(F)c4)CC3)c21. The van der Waals surface area contributed by atoms with Gasteiger partial charge in [0.15, 0.2) is 0 Å². The molecule has 0 spiro atoms. The van der Waals surface area contributed by atoms with Gasteiger partial charge >= 0.3 is 0 Å². The van der Waals surface area contributed by atoms with Crippen LogP contribution in [0.4, 0.5) is 10.2 Å². The molecule has 188 valence electrons. The fraction of sp³-hybridized carbons (Fsp3) is 0.560. The summed E-state index contributed by atoms with van der Waals surface area (Å²) in [7, 11) is 0. The van der Waals surface area contributed by atoms with Crippen molar-refractivity contribution in [3.05, 3.63) is 52.2 Å². The summed E-state index contributed by atoms with van der Waals surface area (Å²) in [6.45, 7) is 7.72. The molecule has 2 aliphatic heterocycles. The number of aliphatic hydroxyl groups is 1. The van der Waals surface area contributed by atoms with Gasteiger partial charge in [-0.05, 0) is 30.0 Å². The normalized spacial score (nSPS) is 23.9. The predicted octanol–water partition coefficient (Wildman–Crippen LogP) is 2.57. The number of piperazine rings is 1. The largest absolute Gasteiger partial charge is 0.387 e. The highest BCUT2D eigenvalue weighted by molar-refractivity contribution is 6.30. The van der Waals surface area contributed by atoms with Gasteiger partial charge in [0.2, 0.25) is 5.91 Å². The number of carbonyl (C=O) groups excluding carboxylic acids is 1. The molecular weight excluding hydrogens is 473 g/mol. The van der Waals surface area contributed by atoms with Gasteiger partial charge in [-0.2, -0.15) is 0 Å². The molecular formula is C25H31ClFN5O3. The maximum absolute atomic E-state index is 14.3. The first kappa shape index (κ1) is 24.4. The quantitative estimate of drug-likeness (QED) is 0.671. The van der Waals surface area contributed by atoms with Gasteiger partial charge in [-0.25, -0.2) is 14.4 Å². The van der Waals surface area contributed by atoms with Crippen molar-refractivity contribution < 1.29 is 19.0 Å². The van der Waals surface area contributed by atoms with Crippen molar-refractivity contribution in [2.75, 3.05) is 63.9 Å². The molecule has 3 aliphatic rings. The fourth-order valence-electron chi connectivity index (χ4n) is 5.41. The van der Waals surface area contributed by atoms with Crippen molar-refractivity contribution in [2.24, 2.45) is 0 Å². The zero-order chi connectivity index (χ0) is 24.5. The molecule has 2 saturated heterocycles. The van der Waals surface area contributed by atoms with Crippen LogP contribution in [0.3, 0.4) is 0 Å². The molecule has 0 unspecified atom stereocenters. The highest BCUT2D eigenvalue weighted by Gasteiger charge is 2.35. The number of morpholine rings is 1. The van der Waals surface area contributed by atoms with Gasteiger partial charge in [0.25, 0.3) is 0 Å². The van der Waals surface area contributed by atoms with Crippen molar-refractivity contribution in [1.29, 1.82) is 0 Å². The minimum Gasteiger partial charge on any atom is -0.387 e. The van der Waals surface area contributed by atoms with E-state index in [2.05, 4.69) is 26.7 Å². The smallest absolute Gasteiger partial charge is 0.231 e. The van der Waals surface area contributed by atoms with E-state index >= 15 is 0 Å². The van der Waals surface area contributed by atoms with E-state index in [0.29, 0.717) is 57.9 Å². The van der Waals surface area contributed by atoms with Crippen LogP contribution in [0.1, 0.15) is 48.1 Å². The zero-order valence-corrected chi connectivity index (χ0v) is 20.6. The van der Waals surface area contributed by atoms with Gasteiger partial charge in [-0.1, -0.05) is 24.6 Å². The molecule has 0 radical (unpaired) electrons. The number of nitrogens with zero attached hydrogens (tertiary/aromatic N) is 5. The van der Waals surface area contributed by atoms with E-state index in [9.17, 15) is 14.3 Å². The Morgan fingerprint density at radius 2 is 1.94 bits per heavy atom. The highest BCUT2D eigenvalue weighted by atomic mass is 35.5. The summed E-state index contributed by atoms with van der Waals surface area (Å²) >= 11 is 5.91. The zero-order valence-electron chi connectivity index (χ0n) is 19.9. The number of amides is 1. The molecule has 3 atom stereocenters. The van der Waals surface area contributed by atoms with E-state index < -0.39 is 17.8 Å². The van der Waals surface area contributed by atoms with E-state index in [1.54, 1.807) is 6.07 Å². The van der Waals surface area contributed by atoms with Crippen LogP contribution >= 0.6 is 11.6 Å². The topological polar surface area (TPSA) is 82.0 Å². The van der Waals surface area contributed by atoms with Gasteiger partial charge in [-0.15, -0.1) is 0 Å². The van der Waals surface area contributed by atoms with Crippen molar-refractivity contribution in [3.8, 4) is 0 Å². The second kappa shape index (κ2) is 10.3. The van der Waals surface area contributed by atoms with E-state index in [0.717, 1.165) is 30.2 Å². The number of benzene rings is 1. The van der Waals surface area contributed by atoms with Gasteiger partial charge in [0.1, 0.15) is 18.0 Å². The molecule has 1 amide bonds. The lowest BCUT2D eigenvalue weighted by atomic mass is 9.96. The van der Waals surface area contributed by atoms with Crippen LogP contribution in [-0.4, -0.2) is 89.8 Å². The summed E-state index contributed by atoms with van der Waals surface area (Å²) in [4.78, 5) is 28.8. The third-order valence-corrected chi connectivity index (χ3v) is 7.66. The lowest BCUT2D eigenvalue weighted by Crippen LogP contribution is -2.52. The Labute approximate surface area is 209 Å². The Morgan fingerprint density at radius 3 is 2.66 bits per heavy atom. The summed E-state index contributed by atoms with van der Waals surface area (Å²) in [6, 6.07) is 4.66. The van der Waals surface area contributed by atoms with Crippen LogP contribution in [0, 0.1) is 5.82 Å². The van der Waals surface area contributed by atoms with E-state index in [1.165, 1.54) is 18.5 Å². The van der Waals surface area contributed by atoms with Crippen LogP contribution in [-0.2, 0) is 9.53 Å². The number of ether oxygens (including phenoxy) is 1. The van der Waals surface area contributed by atoms with Crippen LogP contribution in [0.25, 0.3) is 0 Å². The van der Waals surface area contributed by atoms with Crippen LogP contribution < -0.4 is 4.90 Å². The molecule has 1 aromatic carbocycles. The molecule has 8 nitrogen and oxygen atoms in total. The monoisotopic (exact) mass is 503 g/mol. The molecule has 1 N–H and O–H groups in total. The number of halogens is 2. The third-order valence-electron chi connectivity index (χ3n) is 7.36. The number of aromatic nitrogens is 2. The third kappa shape index (κ3) is 5.00. The first-order valence-corrected chi connectivity index (χ1v) is 12.6. The molecule has 0 bridgehead atoms. The molecule has 2 aromatic rings. The van der Waals surface area contributed by atoms with Gasteiger partial charge in [-0.3, -0.25) is 9.69 Å². The molecule has 1 aromatic heterocycles. The summed E-state index contributed by atoms with van der Waals surface area (Å²) < 4.78 is 19.8. The minimum atomic E-state index is -0.551. The highest BCUT2D eigenvalue weighted by Crippen LogP contribution is 2.42. The molecule has 1 aliphatic carbocycles. The van der Waals surface area contributed by atoms with E-state index in [4.69, 9.17) is 16.3 Å². The van der Waals surface area contributed by atoms with Crippen LogP contribution in [0.15, 0.2) is 24.5 Å². The Balaban J connectivity index is 1.32. The summed E-state index contributed by atoms with van der Waals surface area (Å²) in [6.07, 6.45) is 1.62. The predicted molar refractivity (Wildman–Crippen MR) is 130 cm³/mol. The fourth-order valence-corrected chi connectivity index (χ4v) is 5.53. The lowest BCUT2D eigenvalue weighted by molar-refractivity contribution is -0.134. The van der Waals surface area contributed by atoms with Gasteiger partial charge < -0.3 is 19.6 Å². The number of fused-ring (bicyclic) bond motifs is 1. The lowest BCUT2D eigenvalue weighted by Gasteiger charge is -2.39. The number of aliphatic hydroxyl groups excluding tert-OH is 1. The first-order valence-electron chi connectivity index (χ1n) is 12.2. The molecule has 3 heterocycles. The van der Waals surface area contributed by atoms with Crippen molar-refractivity contribution in [1.82, 2.24) is 19.8 Å². The van der Waals surface area contributed by atoms with Crippen LogP contribution in [0.2, 0.25) is 5.02 Å². The Kier molecular flexibility index (Phi) is 7.20. The maximum Gasteiger partial charge on any atom is 0.231 e. The second-order valence-corrected chi connectivity index (χ2v) is 10.0. The number of carbonyl (C=O) groups is 1. The molecule has 2 fully saturated rings. The number of rotatable bonds is 5. The minimum absolute atomic E-state index is 0.00503. The Morgan fingerprint density at radius 1 is 1.20 bits per heavy atom. The average Bonchev–Trinajstić information content (AvgIpc) is 3.18. The number of hydrogen-bond acceptors (Lipinski definition) is 7. The molecule has 10 heteroatoms.